The molecule has 0 amide bonds. The van der Waals surface area contributed by atoms with E-state index in [1.807, 2.05) is 0 Å². The van der Waals surface area contributed by atoms with Gasteiger partial charge in [-0.15, -0.1) is 0 Å². The smallest absolute Gasteiger partial charge is 0.207 e. The van der Waals surface area contributed by atoms with E-state index < -0.39 is 18.1 Å². The first-order valence-electron chi connectivity index (χ1n) is 5.49. The molecule has 4 nitrogen and oxygen atoms in total. The maximum absolute atomic E-state index is 11.5. The van der Waals surface area contributed by atoms with Crippen LogP contribution in [0.25, 0.3) is 11.1 Å². The average molecular weight is 420 g/mol. The number of hydrogen-bond acceptors (Lipinski definition) is 4. The molecule has 0 aliphatic heterocycles. The van der Waals surface area contributed by atoms with Crippen LogP contribution >= 0.6 is 44.6 Å². The summed E-state index contributed by atoms with van der Waals surface area (Å²) in [5.41, 5.74) is 0.781. The van der Waals surface area contributed by atoms with Crippen LogP contribution in [0, 0.1) is 0 Å². The molecule has 0 radical (unpaired) electrons. The van der Waals surface area contributed by atoms with Crippen LogP contribution in [0.5, 0.6) is 0 Å². The van der Waals surface area contributed by atoms with Crippen molar-refractivity contribution in [1.82, 2.24) is 0 Å². The summed E-state index contributed by atoms with van der Waals surface area (Å²) in [6.45, 7) is 0. The number of hydrogen-bond donors (Lipinski definition) is 0. The molecule has 0 saturated carbocycles. The molecular formula is C12H6Cl4O4S2. The standard InChI is InChI=1S/C12H6Cl4O4S2/c13-9-3-1-7(5-11(9)21(15,17)18)8-2-4-10(14)12(6-8)22(16,19)20/h1-6H. The molecule has 0 unspecified atom stereocenters. The molecule has 0 N–H and O–H groups in total. The van der Waals surface area contributed by atoms with Crippen molar-refractivity contribution >= 4 is 62.7 Å². The fraction of sp³-hybridized carbons (Fsp3) is 0. The fourth-order valence-electron chi connectivity index (χ4n) is 1.74. The van der Waals surface area contributed by atoms with Crippen LogP contribution in [0.4, 0.5) is 0 Å². The van der Waals surface area contributed by atoms with Gasteiger partial charge in [-0.25, -0.2) is 16.8 Å². The highest BCUT2D eigenvalue weighted by Crippen LogP contribution is 2.33. The summed E-state index contributed by atoms with van der Waals surface area (Å²) in [6, 6.07) is 8.19. The van der Waals surface area contributed by atoms with Crippen LogP contribution in [0.2, 0.25) is 10.0 Å². The van der Waals surface area contributed by atoms with Gasteiger partial charge >= 0.3 is 0 Å². The van der Waals surface area contributed by atoms with Crippen molar-refractivity contribution in [1.29, 1.82) is 0 Å². The van der Waals surface area contributed by atoms with E-state index in [1.54, 1.807) is 0 Å². The zero-order valence-corrected chi connectivity index (χ0v) is 15.1. The quantitative estimate of drug-likeness (QED) is 0.686. The van der Waals surface area contributed by atoms with E-state index in [0.29, 0.717) is 11.1 Å². The molecule has 118 valence electrons. The minimum absolute atomic E-state index is 0.0436. The highest BCUT2D eigenvalue weighted by molar-refractivity contribution is 8.14. The Morgan fingerprint density at radius 2 is 0.955 bits per heavy atom. The molecule has 0 aromatic heterocycles. The summed E-state index contributed by atoms with van der Waals surface area (Å²) in [5, 5.41) is -0.0872. The molecule has 0 atom stereocenters. The lowest BCUT2D eigenvalue weighted by Gasteiger charge is -2.08. The molecule has 0 fully saturated rings. The molecule has 0 heterocycles. The Morgan fingerprint density at radius 3 is 1.23 bits per heavy atom. The van der Waals surface area contributed by atoms with Crippen molar-refractivity contribution < 1.29 is 16.8 Å². The zero-order chi connectivity index (χ0) is 16.7. The second-order valence-corrected chi connectivity index (χ2v) is 10.0. The monoisotopic (exact) mass is 418 g/mol. The third-order valence-electron chi connectivity index (χ3n) is 2.72. The topological polar surface area (TPSA) is 68.3 Å². The van der Waals surface area contributed by atoms with Crippen LogP contribution < -0.4 is 0 Å². The molecule has 0 saturated heterocycles. The minimum atomic E-state index is -4.04. The van der Waals surface area contributed by atoms with Gasteiger partial charge in [-0.1, -0.05) is 35.3 Å². The van der Waals surface area contributed by atoms with Gasteiger partial charge in [0.05, 0.1) is 10.0 Å². The van der Waals surface area contributed by atoms with E-state index in [4.69, 9.17) is 44.6 Å². The van der Waals surface area contributed by atoms with Gasteiger partial charge in [-0.3, -0.25) is 0 Å². The van der Waals surface area contributed by atoms with Gasteiger partial charge in [-0.05, 0) is 35.4 Å². The van der Waals surface area contributed by atoms with Crippen LogP contribution in [-0.4, -0.2) is 16.8 Å². The van der Waals surface area contributed by atoms with Gasteiger partial charge in [0.15, 0.2) is 0 Å². The first-order valence-corrected chi connectivity index (χ1v) is 10.9. The molecule has 2 aromatic rings. The Kier molecular flexibility index (Phi) is 5.02. The SMILES string of the molecule is O=S(=O)(Cl)c1cc(-c2ccc(Cl)c(S(=O)(=O)Cl)c2)ccc1Cl. The second-order valence-electron chi connectivity index (χ2n) is 4.17. The summed E-state index contributed by atoms with van der Waals surface area (Å²) < 4.78 is 45.8. The van der Waals surface area contributed by atoms with E-state index in [1.165, 1.54) is 36.4 Å². The Balaban J connectivity index is 2.69. The van der Waals surface area contributed by atoms with Crippen LogP contribution in [0.1, 0.15) is 0 Å². The predicted octanol–water partition coefficient (Wildman–Crippen LogP) is 4.52. The van der Waals surface area contributed by atoms with Crippen molar-refractivity contribution in [3.8, 4) is 11.1 Å². The van der Waals surface area contributed by atoms with E-state index in [2.05, 4.69) is 0 Å². The first kappa shape index (κ1) is 17.8. The summed E-state index contributed by atoms with van der Waals surface area (Å²) in [5.74, 6) is 0. The van der Waals surface area contributed by atoms with Crippen LogP contribution in [0.15, 0.2) is 46.2 Å². The summed E-state index contributed by atoms with van der Waals surface area (Å²) in [4.78, 5) is -0.558. The van der Waals surface area contributed by atoms with Gasteiger partial charge in [0.1, 0.15) is 9.79 Å². The third-order valence-corrected chi connectivity index (χ3v) is 6.33. The molecular weight excluding hydrogens is 414 g/mol. The van der Waals surface area contributed by atoms with Gasteiger partial charge < -0.3 is 0 Å². The minimum Gasteiger partial charge on any atom is -0.207 e. The highest BCUT2D eigenvalue weighted by Gasteiger charge is 2.18. The number of halogens is 4. The number of benzene rings is 2. The molecule has 10 heteroatoms. The van der Waals surface area contributed by atoms with Crippen molar-refractivity contribution in [2.45, 2.75) is 9.79 Å². The van der Waals surface area contributed by atoms with Gasteiger partial charge in [0.25, 0.3) is 18.1 Å². The largest absolute Gasteiger partial charge is 0.262 e. The van der Waals surface area contributed by atoms with Crippen molar-refractivity contribution in [2.75, 3.05) is 0 Å². The van der Waals surface area contributed by atoms with Crippen LogP contribution in [0.3, 0.4) is 0 Å². The lowest BCUT2D eigenvalue weighted by molar-refractivity contribution is 0.608. The maximum Gasteiger partial charge on any atom is 0.262 e. The summed E-state index contributed by atoms with van der Waals surface area (Å²) >= 11 is 11.6. The van der Waals surface area contributed by atoms with E-state index in [9.17, 15) is 16.8 Å². The number of rotatable bonds is 3. The van der Waals surface area contributed by atoms with E-state index in [0.717, 1.165) is 0 Å². The normalized spacial score (nSPS) is 12.4. The first-order chi connectivity index (χ1) is 10.00. The lowest BCUT2D eigenvalue weighted by Crippen LogP contribution is -1.95. The Morgan fingerprint density at radius 1 is 0.636 bits per heavy atom. The van der Waals surface area contributed by atoms with Crippen molar-refractivity contribution in [3.63, 3.8) is 0 Å². The lowest BCUT2D eigenvalue weighted by atomic mass is 10.1. The molecule has 0 bridgehead atoms. The Bertz CT molecular complexity index is 874. The summed E-state index contributed by atoms with van der Waals surface area (Å²) in [7, 11) is 2.52. The third kappa shape index (κ3) is 3.88. The molecule has 0 aliphatic rings. The van der Waals surface area contributed by atoms with Gasteiger partial charge in [0.2, 0.25) is 0 Å². The van der Waals surface area contributed by atoms with Crippen molar-refractivity contribution in [3.05, 3.63) is 46.4 Å². The summed E-state index contributed by atoms with van der Waals surface area (Å²) in [6.07, 6.45) is 0. The van der Waals surface area contributed by atoms with Crippen LogP contribution in [-0.2, 0) is 18.1 Å². The zero-order valence-electron chi connectivity index (χ0n) is 10.4. The van der Waals surface area contributed by atoms with Crippen molar-refractivity contribution in [2.24, 2.45) is 0 Å². The molecule has 2 aromatic carbocycles. The van der Waals surface area contributed by atoms with Gasteiger partial charge in [-0.2, -0.15) is 0 Å². The van der Waals surface area contributed by atoms with E-state index >= 15 is 0 Å². The molecule has 2 rings (SSSR count). The fourth-order valence-corrected chi connectivity index (χ4v) is 4.72. The molecule has 0 aliphatic carbocycles. The predicted molar refractivity (Wildman–Crippen MR) is 88.0 cm³/mol. The van der Waals surface area contributed by atoms with Gasteiger partial charge in [0, 0.05) is 21.4 Å². The maximum atomic E-state index is 11.5. The average Bonchev–Trinajstić information content (AvgIpc) is 2.37. The Hall–Kier alpha value is -0.500. The van der Waals surface area contributed by atoms with E-state index in [-0.39, 0.29) is 19.8 Å². The highest BCUT2D eigenvalue weighted by atomic mass is 35.7. The second kappa shape index (κ2) is 6.19. The molecule has 22 heavy (non-hydrogen) atoms. The Labute approximate surface area is 146 Å². The molecule has 0 spiro atoms.